The first-order valence-corrected chi connectivity index (χ1v) is 6.31. The molecule has 0 fully saturated rings. The highest BCUT2D eigenvalue weighted by atomic mass is 16.1. The molecule has 3 rings (SSSR count). The quantitative estimate of drug-likeness (QED) is 0.762. The molecule has 0 saturated carbocycles. The molecule has 2 heterocycles. The number of carbonyl (C=O) groups is 1. The molecule has 1 amide bonds. The van der Waals surface area contributed by atoms with Gasteiger partial charge in [0.15, 0.2) is 0 Å². The number of hydrogen-bond donors (Lipinski definition) is 2. The number of fused-ring (bicyclic) bond motifs is 1. The first-order chi connectivity index (χ1) is 9.79. The Kier molecular flexibility index (Phi) is 3.18. The number of nitrogens with two attached hydrogens (primary N) is 1. The fraction of sp³-hybridized carbons (Fsp3) is 0.0667. The monoisotopic (exact) mass is 266 g/mol. The molecule has 1 aromatic carbocycles. The third kappa shape index (κ3) is 2.15. The van der Waals surface area contributed by atoms with Crippen molar-refractivity contribution in [3.8, 4) is 0 Å². The van der Waals surface area contributed by atoms with Crippen LogP contribution in [-0.4, -0.2) is 15.5 Å². The molecule has 0 saturated heterocycles. The molecule has 0 unspecified atom stereocenters. The summed E-state index contributed by atoms with van der Waals surface area (Å²) >= 11 is 0. The van der Waals surface area contributed by atoms with E-state index in [0.717, 1.165) is 16.8 Å². The van der Waals surface area contributed by atoms with Gasteiger partial charge in [0.1, 0.15) is 0 Å². The summed E-state index contributed by atoms with van der Waals surface area (Å²) in [7, 11) is 0. The molecule has 0 aliphatic heterocycles. The van der Waals surface area contributed by atoms with E-state index in [0.29, 0.717) is 12.1 Å². The number of para-hydroxylation sites is 1. The van der Waals surface area contributed by atoms with E-state index in [9.17, 15) is 4.79 Å². The van der Waals surface area contributed by atoms with Crippen molar-refractivity contribution >= 4 is 17.1 Å². The van der Waals surface area contributed by atoms with Crippen molar-refractivity contribution in [1.82, 2.24) is 9.61 Å². The number of carbonyl (C=O) groups excluding carboxylic acids is 1. The number of amides is 1. The van der Waals surface area contributed by atoms with Crippen molar-refractivity contribution in [2.75, 3.05) is 5.32 Å². The largest absolute Gasteiger partial charge is 0.326 e. The van der Waals surface area contributed by atoms with Crippen molar-refractivity contribution in [3.05, 3.63) is 66.0 Å². The minimum Gasteiger partial charge on any atom is -0.326 e. The van der Waals surface area contributed by atoms with Gasteiger partial charge in [-0.15, -0.1) is 0 Å². The number of anilines is 1. The van der Waals surface area contributed by atoms with Crippen molar-refractivity contribution in [2.45, 2.75) is 6.54 Å². The average molecular weight is 266 g/mol. The second-order valence-electron chi connectivity index (χ2n) is 4.40. The predicted octanol–water partition coefficient (Wildman–Crippen LogP) is 2.05. The average Bonchev–Trinajstić information content (AvgIpc) is 2.92. The topological polar surface area (TPSA) is 72.4 Å². The molecular formula is C15H14N4O. The van der Waals surface area contributed by atoms with Gasteiger partial charge >= 0.3 is 0 Å². The van der Waals surface area contributed by atoms with Crippen LogP contribution < -0.4 is 11.1 Å². The van der Waals surface area contributed by atoms with E-state index in [4.69, 9.17) is 5.73 Å². The predicted molar refractivity (Wildman–Crippen MR) is 77.5 cm³/mol. The van der Waals surface area contributed by atoms with Crippen LogP contribution in [0.15, 0.2) is 54.9 Å². The fourth-order valence-electron chi connectivity index (χ4n) is 2.12. The van der Waals surface area contributed by atoms with Gasteiger partial charge in [-0.1, -0.05) is 24.3 Å². The Hall–Kier alpha value is -2.66. The van der Waals surface area contributed by atoms with Gasteiger partial charge in [-0.25, -0.2) is 4.52 Å². The number of aromatic nitrogens is 2. The number of pyridine rings is 1. The van der Waals surface area contributed by atoms with E-state index in [-0.39, 0.29) is 5.91 Å². The summed E-state index contributed by atoms with van der Waals surface area (Å²) < 4.78 is 1.67. The van der Waals surface area contributed by atoms with Crippen LogP contribution in [0.1, 0.15) is 15.9 Å². The summed E-state index contributed by atoms with van der Waals surface area (Å²) in [5.74, 6) is -0.188. The first kappa shape index (κ1) is 12.4. The van der Waals surface area contributed by atoms with Crippen molar-refractivity contribution in [1.29, 1.82) is 0 Å². The van der Waals surface area contributed by atoms with Gasteiger partial charge in [-0.05, 0) is 23.8 Å². The standard InChI is InChI=1S/C15H14N4O/c16-9-11-5-1-2-6-13(11)18-15(20)12-10-17-19-8-4-3-7-14(12)19/h1-8,10H,9,16H2,(H,18,20). The van der Waals surface area contributed by atoms with E-state index in [1.165, 1.54) is 0 Å². The Balaban J connectivity index is 1.93. The Morgan fingerprint density at radius 3 is 2.85 bits per heavy atom. The molecule has 2 aromatic heterocycles. The van der Waals surface area contributed by atoms with Gasteiger partial charge in [0.05, 0.1) is 17.3 Å². The third-order valence-corrected chi connectivity index (χ3v) is 3.16. The van der Waals surface area contributed by atoms with Crippen LogP contribution in [0.3, 0.4) is 0 Å². The van der Waals surface area contributed by atoms with E-state index >= 15 is 0 Å². The van der Waals surface area contributed by atoms with Gasteiger partial charge in [-0.2, -0.15) is 5.10 Å². The van der Waals surface area contributed by atoms with Crippen LogP contribution in [0, 0.1) is 0 Å². The lowest BCUT2D eigenvalue weighted by Gasteiger charge is -2.08. The van der Waals surface area contributed by atoms with E-state index in [2.05, 4.69) is 10.4 Å². The van der Waals surface area contributed by atoms with Gasteiger partial charge < -0.3 is 11.1 Å². The summed E-state index contributed by atoms with van der Waals surface area (Å²) in [4.78, 5) is 12.4. The molecule has 5 heteroatoms. The number of benzene rings is 1. The summed E-state index contributed by atoms with van der Waals surface area (Å²) in [6.07, 6.45) is 3.37. The zero-order valence-corrected chi connectivity index (χ0v) is 10.8. The molecule has 0 radical (unpaired) electrons. The molecule has 5 nitrogen and oxygen atoms in total. The van der Waals surface area contributed by atoms with Crippen molar-refractivity contribution in [2.24, 2.45) is 5.73 Å². The maximum absolute atomic E-state index is 12.4. The SMILES string of the molecule is NCc1ccccc1NC(=O)c1cnn2ccccc12. The Morgan fingerprint density at radius 2 is 2.00 bits per heavy atom. The zero-order valence-electron chi connectivity index (χ0n) is 10.8. The smallest absolute Gasteiger partial charge is 0.259 e. The molecule has 0 bridgehead atoms. The third-order valence-electron chi connectivity index (χ3n) is 3.16. The highest BCUT2D eigenvalue weighted by Gasteiger charge is 2.13. The van der Waals surface area contributed by atoms with Gasteiger partial charge in [0.2, 0.25) is 0 Å². The fourth-order valence-corrected chi connectivity index (χ4v) is 2.12. The molecule has 100 valence electrons. The molecule has 0 aliphatic rings. The summed E-state index contributed by atoms with van der Waals surface area (Å²) in [6.45, 7) is 0.380. The van der Waals surface area contributed by atoms with Crippen LogP contribution >= 0.6 is 0 Å². The van der Waals surface area contributed by atoms with E-state index < -0.39 is 0 Å². The highest BCUT2D eigenvalue weighted by molar-refractivity contribution is 6.09. The number of nitrogens with one attached hydrogen (secondary N) is 1. The first-order valence-electron chi connectivity index (χ1n) is 6.31. The van der Waals surface area contributed by atoms with Crippen LogP contribution in [-0.2, 0) is 6.54 Å². The van der Waals surface area contributed by atoms with Crippen LogP contribution in [0.25, 0.3) is 5.52 Å². The van der Waals surface area contributed by atoms with Crippen molar-refractivity contribution < 1.29 is 4.79 Å². The van der Waals surface area contributed by atoms with Gasteiger partial charge in [0, 0.05) is 18.4 Å². The molecule has 20 heavy (non-hydrogen) atoms. The second-order valence-corrected chi connectivity index (χ2v) is 4.40. The van der Waals surface area contributed by atoms with E-state index in [1.807, 2.05) is 42.5 Å². The molecular weight excluding hydrogens is 252 g/mol. The number of hydrogen-bond acceptors (Lipinski definition) is 3. The van der Waals surface area contributed by atoms with Gasteiger partial charge in [0.25, 0.3) is 5.91 Å². The molecule has 3 N–H and O–H groups in total. The number of nitrogens with zero attached hydrogens (tertiary/aromatic N) is 2. The van der Waals surface area contributed by atoms with Crippen molar-refractivity contribution in [3.63, 3.8) is 0 Å². The number of rotatable bonds is 3. The minimum atomic E-state index is -0.188. The normalized spacial score (nSPS) is 10.7. The second kappa shape index (κ2) is 5.14. The van der Waals surface area contributed by atoms with E-state index in [1.54, 1.807) is 16.9 Å². The maximum Gasteiger partial charge on any atom is 0.259 e. The lowest BCUT2D eigenvalue weighted by Crippen LogP contribution is -2.14. The minimum absolute atomic E-state index is 0.188. The lowest BCUT2D eigenvalue weighted by atomic mass is 10.1. The summed E-state index contributed by atoms with van der Waals surface area (Å²) in [5, 5.41) is 7.04. The maximum atomic E-state index is 12.4. The molecule has 0 spiro atoms. The van der Waals surface area contributed by atoms with Gasteiger partial charge in [-0.3, -0.25) is 4.79 Å². The zero-order chi connectivity index (χ0) is 13.9. The Morgan fingerprint density at radius 1 is 1.20 bits per heavy atom. The summed E-state index contributed by atoms with van der Waals surface area (Å²) in [6, 6.07) is 13.1. The lowest BCUT2D eigenvalue weighted by molar-refractivity contribution is 0.102. The van der Waals surface area contributed by atoms with Crippen LogP contribution in [0.4, 0.5) is 5.69 Å². The Labute approximate surface area is 116 Å². The summed E-state index contributed by atoms with van der Waals surface area (Å²) in [5.41, 5.74) is 8.61. The highest BCUT2D eigenvalue weighted by Crippen LogP contribution is 2.17. The molecule has 0 atom stereocenters. The Bertz CT molecular complexity index is 763. The molecule has 3 aromatic rings. The molecule has 0 aliphatic carbocycles. The van der Waals surface area contributed by atoms with Crippen LogP contribution in [0.5, 0.6) is 0 Å². The van der Waals surface area contributed by atoms with Crippen LogP contribution in [0.2, 0.25) is 0 Å².